The zero-order valence-corrected chi connectivity index (χ0v) is 11.7. The summed E-state index contributed by atoms with van der Waals surface area (Å²) in [5.74, 6) is 0.658. The van der Waals surface area contributed by atoms with E-state index < -0.39 is 0 Å². The first-order chi connectivity index (χ1) is 8.36. The zero-order chi connectivity index (χ0) is 12.1. The maximum absolute atomic E-state index is 5.55. The number of rotatable bonds is 6. The van der Waals surface area contributed by atoms with Gasteiger partial charge in [-0.25, -0.2) is 0 Å². The molecule has 0 aliphatic carbocycles. The smallest absolute Gasteiger partial charge is 0.0513 e. The summed E-state index contributed by atoms with van der Waals surface area (Å²) in [7, 11) is 0. The molecule has 17 heavy (non-hydrogen) atoms. The monoisotopic (exact) mass is 253 g/mol. The maximum Gasteiger partial charge on any atom is 0.0513 e. The minimum absolute atomic E-state index is 0.507. The van der Waals surface area contributed by atoms with Crippen molar-refractivity contribution in [3.8, 4) is 0 Å². The van der Waals surface area contributed by atoms with Crippen molar-refractivity contribution in [2.45, 2.75) is 39.2 Å². The molecule has 1 aromatic heterocycles. The van der Waals surface area contributed by atoms with Crippen molar-refractivity contribution >= 4 is 11.3 Å². The first kappa shape index (κ1) is 13.1. The second-order valence-corrected chi connectivity index (χ2v) is 5.67. The topological polar surface area (TPSA) is 21.3 Å². The third-order valence-electron chi connectivity index (χ3n) is 3.49. The average Bonchev–Trinajstić information content (AvgIpc) is 3.00. The lowest BCUT2D eigenvalue weighted by Gasteiger charge is -2.24. The second-order valence-electron chi connectivity index (χ2n) is 4.72. The summed E-state index contributed by atoms with van der Waals surface area (Å²) in [6, 6.07) is 2.78. The Bertz CT molecular complexity index is 331. The van der Waals surface area contributed by atoms with Gasteiger partial charge in [0.15, 0.2) is 0 Å². The molecule has 1 aliphatic rings. The van der Waals surface area contributed by atoms with E-state index in [1.807, 2.05) is 11.3 Å². The summed E-state index contributed by atoms with van der Waals surface area (Å²) in [5.41, 5.74) is 1.51. The van der Waals surface area contributed by atoms with Crippen molar-refractivity contribution in [3.05, 3.63) is 21.9 Å². The van der Waals surface area contributed by atoms with Crippen LogP contribution in [0.3, 0.4) is 0 Å². The van der Waals surface area contributed by atoms with Crippen molar-refractivity contribution in [2.24, 2.45) is 5.92 Å². The summed E-state index contributed by atoms with van der Waals surface area (Å²) in [5, 5.41) is 5.95. The lowest BCUT2D eigenvalue weighted by molar-refractivity contribution is 0.177. The van der Waals surface area contributed by atoms with Crippen LogP contribution >= 0.6 is 11.3 Å². The molecule has 3 heteroatoms. The van der Waals surface area contributed by atoms with Gasteiger partial charge in [-0.1, -0.05) is 13.8 Å². The molecule has 0 radical (unpaired) electrons. The van der Waals surface area contributed by atoms with E-state index in [4.69, 9.17) is 4.74 Å². The van der Waals surface area contributed by atoms with Crippen LogP contribution in [0.5, 0.6) is 0 Å². The van der Waals surface area contributed by atoms with E-state index in [0.29, 0.717) is 12.0 Å². The van der Waals surface area contributed by atoms with Crippen LogP contribution in [0.2, 0.25) is 0 Å². The molecule has 96 valence electrons. The normalized spacial score (nSPS) is 21.9. The average molecular weight is 253 g/mol. The van der Waals surface area contributed by atoms with Crippen LogP contribution in [0.4, 0.5) is 0 Å². The van der Waals surface area contributed by atoms with Gasteiger partial charge in [0.1, 0.15) is 0 Å². The van der Waals surface area contributed by atoms with E-state index >= 15 is 0 Å². The molecule has 1 aliphatic heterocycles. The molecule has 2 rings (SSSR count). The summed E-state index contributed by atoms with van der Waals surface area (Å²) in [6.45, 7) is 7.42. The van der Waals surface area contributed by atoms with Gasteiger partial charge >= 0.3 is 0 Å². The maximum atomic E-state index is 5.55. The van der Waals surface area contributed by atoms with Crippen molar-refractivity contribution < 1.29 is 4.74 Å². The molecule has 0 saturated carbocycles. The number of hydrogen-bond donors (Lipinski definition) is 1. The fraction of sp³-hybridized carbons (Fsp3) is 0.714. The fourth-order valence-corrected chi connectivity index (χ4v) is 3.67. The number of hydrogen-bond acceptors (Lipinski definition) is 3. The third-order valence-corrected chi connectivity index (χ3v) is 4.54. The molecule has 2 unspecified atom stereocenters. The predicted octanol–water partition coefficient (Wildman–Crippen LogP) is 3.39. The fourth-order valence-electron chi connectivity index (χ4n) is 2.50. The Morgan fingerprint density at radius 1 is 1.53 bits per heavy atom. The number of ether oxygens (including phenoxy) is 1. The highest BCUT2D eigenvalue weighted by atomic mass is 32.1. The minimum Gasteiger partial charge on any atom is -0.381 e. The molecule has 1 fully saturated rings. The van der Waals surface area contributed by atoms with Crippen LogP contribution in [0.1, 0.15) is 43.2 Å². The summed E-state index contributed by atoms with van der Waals surface area (Å²) in [6.07, 6.45) is 3.52. The van der Waals surface area contributed by atoms with Gasteiger partial charge in [0.25, 0.3) is 0 Å². The minimum atomic E-state index is 0.507. The van der Waals surface area contributed by atoms with Gasteiger partial charge in [-0.15, -0.1) is 11.3 Å². The number of aryl methyl sites for hydroxylation is 1. The summed E-state index contributed by atoms with van der Waals surface area (Å²) < 4.78 is 5.55. The van der Waals surface area contributed by atoms with E-state index in [9.17, 15) is 0 Å². The Morgan fingerprint density at radius 3 is 3.06 bits per heavy atom. The molecule has 2 nitrogen and oxygen atoms in total. The van der Waals surface area contributed by atoms with Gasteiger partial charge in [0.05, 0.1) is 6.61 Å². The lowest BCUT2D eigenvalue weighted by atomic mass is 9.95. The van der Waals surface area contributed by atoms with E-state index in [2.05, 4.69) is 30.6 Å². The van der Waals surface area contributed by atoms with Gasteiger partial charge in [-0.2, -0.15) is 0 Å². The molecule has 0 bridgehead atoms. The Labute approximate surface area is 108 Å². The van der Waals surface area contributed by atoms with Crippen molar-refractivity contribution in [1.29, 1.82) is 0 Å². The number of thiophene rings is 1. The summed E-state index contributed by atoms with van der Waals surface area (Å²) in [4.78, 5) is 1.54. The van der Waals surface area contributed by atoms with Crippen molar-refractivity contribution in [3.63, 3.8) is 0 Å². The van der Waals surface area contributed by atoms with E-state index in [1.165, 1.54) is 23.3 Å². The van der Waals surface area contributed by atoms with Gasteiger partial charge in [-0.05, 0) is 42.8 Å². The third kappa shape index (κ3) is 3.09. The second kappa shape index (κ2) is 6.53. The Kier molecular flexibility index (Phi) is 5.01. The Hall–Kier alpha value is -0.380. The van der Waals surface area contributed by atoms with E-state index in [-0.39, 0.29) is 0 Å². The highest BCUT2D eigenvalue weighted by Gasteiger charge is 2.28. The summed E-state index contributed by atoms with van der Waals surface area (Å²) >= 11 is 1.90. The van der Waals surface area contributed by atoms with Crippen molar-refractivity contribution in [2.75, 3.05) is 19.8 Å². The van der Waals surface area contributed by atoms with Gasteiger partial charge in [-0.3, -0.25) is 0 Å². The first-order valence-electron chi connectivity index (χ1n) is 6.74. The molecule has 0 aromatic carbocycles. The molecule has 2 atom stereocenters. The standard InChI is InChI=1S/C14H23NOS/c1-3-7-15-13(12-5-8-16-10-12)14-11(4-2)6-9-17-14/h6,9,12-13,15H,3-5,7-8,10H2,1-2H3. The van der Waals surface area contributed by atoms with Crippen LogP contribution in [0.15, 0.2) is 11.4 Å². The molecular weight excluding hydrogens is 230 g/mol. The molecule has 0 amide bonds. The van der Waals surface area contributed by atoms with Crippen LogP contribution in [-0.4, -0.2) is 19.8 Å². The number of nitrogens with one attached hydrogen (secondary N) is 1. The Morgan fingerprint density at radius 2 is 2.41 bits per heavy atom. The van der Waals surface area contributed by atoms with Gasteiger partial charge in [0, 0.05) is 23.4 Å². The first-order valence-corrected chi connectivity index (χ1v) is 7.62. The van der Waals surface area contributed by atoms with Crippen LogP contribution in [0.25, 0.3) is 0 Å². The SMILES string of the molecule is CCCNC(c1sccc1CC)C1CCOC1. The van der Waals surface area contributed by atoms with Gasteiger partial charge in [0.2, 0.25) is 0 Å². The molecule has 1 N–H and O–H groups in total. The van der Waals surface area contributed by atoms with E-state index in [0.717, 1.165) is 26.2 Å². The quantitative estimate of drug-likeness (QED) is 0.839. The van der Waals surface area contributed by atoms with Crippen LogP contribution < -0.4 is 5.32 Å². The largest absolute Gasteiger partial charge is 0.381 e. The van der Waals surface area contributed by atoms with Crippen molar-refractivity contribution in [1.82, 2.24) is 5.32 Å². The van der Waals surface area contributed by atoms with Gasteiger partial charge < -0.3 is 10.1 Å². The molecular formula is C14H23NOS. The van der Waals surface area contributed by atoms with Crippen LogP contribution in [-0.2, 0) is 11.2 Å². The van der Waals surface area contributed by atoms with Crippen LogP contribution in [0, 0.1) is 5.92 Å². The van der Waals surface area contributed by atoms with E-state index in [1.54, 1.807) is 0 Å². The zero-order valence-electron chi connectivity index (χ0n) is 10.9. The highest BCUT2D eigenvalue weighted by molar-refractivity contribution is 7.10. The molecule has 0 spiro atoms. The Balaban J connectivity index is 2.13. The lowest BCUT2D eigenvalue weighted by Crippen LogP contribution is -2.29. The molecule has 1 aromatic rings. The molecule has 2 heterocycles. The predicted molar refractivity (Wildman–Crippen MR) is 73.7 cm³/mol. The highest BCUT2D eigenvalue weighted by Crippen LogP contribution is 2.34. The molecule has 1 saturated heterocycles.